The van der Waals surface area contributed by atoms with Crippen LogP contribution in [0.2, 0.25) is 0 Å². The first-order valence-corrected chi connectivity index (χ1v) is 16.5. The number of rotatable bonds is 21. The minimum atomic E-state index is -0.714. The lowest BCUT2D eigenvalue weighted by Gasteiger charge is -2.26. The summed E-state index contributed by atoms with van der Waals surface area (Å²) in [5, 5.41) is 13.1. The third-order valence-electron chi connectivity index (χ3n) is 8.47. The van der Waals surface area contributed by atoms with E-state index in [4.69, 9.17) is 14.5 Å². The van der Waals surface area contributed by atoms with Gasteiger partial charge in [0.15, 0.2) is 0 Å². The molecule has 4 aromatic rings. The van der Waals surface area contributed by atoms with Gasteiger partial charge in [0, 0.05) is 37.8 Å². The van der Waals surface area contributed by atoms with E-state index < -0.39 is 11.4 Å². The molecule has 0 aliphatic carbocycles. The molecule has 0 atom stereocenters. The number of unbranched alkanes of at least 4 members (excludes halogenated alkanes) is 1. The van der Waals surface area contributed by atoms with Crippen LogP contribution < -0.4 is 10.1 Å². The lowest BCUT2D eigenvalue weighted by Crippen LogP contribution is -2.31. The summed E-state index contributed by atoms with van der Waals surface area (Å²) in [5.41, 5.74) is 4.45. The van der Waals surface area contributed by atoms with Gasteiger partial charge >= 0.3 is 5.97 Å². The summed E-state index contributed by atoms with van der Waals surface area (Å²) in [6, 6.07) is 22.5. The molecule has 2 aromatic carbocycles. The molecule has 0 saturated carbocycles. The van der Waals surface area contributed by atoms with E-state index >= 15 is 0 Å². The molecule has 0 bridgehead atoms. The number of hydrogen-bond donors (Lipinski definition) is 2. The quantitative estimate of drug-likeness (QED) is 0.0903. The van der Waals surface area contributed by atoms with Crippen molar-refractivity contribution in [3.05, 3.63) is 108 Å². The SMILES string of the molecule is CCC(CC)(CCNc1cccc(C=Cc2cccc(COCCCCc3ccc(OCCCn4ccnc4)cc3)n2)c1)C(=O)O. The smallest absolute Gasteiger partial charge is 0.309 e. The van der Waals surface area contributed by atoms with E-state index in [0.717, 1.165) is 60.6 Å². The number of anilines is 1. The fourth-order valence-electron chi connectivity index (χ4n) is 5.38. The highest BCUT2D eigenvalue weighted by Gasteiger charge is 2.34. The van der Waals surface area contributed by atoms with Gasteiger partial charge in [-0.15, -0.1) is 0 Å². The first-order valence-electron chi connectivity index (χ1n) is 16.5. The van der Waals surface area contributed by atoms with Crippen molar-refractivity contribution in [3.8, 4) is 5.75 Å². The van der Waals surface area contributed by atoms with Gasteiger partial charge in [0.25, 0.3) is 0 Å². The van der Waals surface area contributed by atoms with Gasteiger partial charge in [-0.3, -0.25) is 9.78 Å². The minimum Gasteiger partial charge on any atom is -0.494 e. The molecule has 2 aromatic heterocycles. The van der Waals surface area contributed by atoms with Gasteiger partial charge in [-0.2, -0.15) is 0 Å². The molecule has 46 heavy (non-hydrogen) atoms. The Morgan fingerprint density at radius 2 is 1.80 bits per heavy atom. The zero-order chi connectivity index (χ0) is 32.5. The topological polar surface area (TPSA) is 98.5 Å². The molecule has 0 fully saturated rings. The second-order valence-electron chi connectivity index (χ2n) is 11.6. The van der Waals surface area contributed by atoms with Crippen molar-refractivity contribution in [2.24, 2.45) is 5.41 Å². The van der Waals surface area contributed by atoms with Crippen molar-refractivity contribution >= 4 is 23.8 Å². The molecule has 0 amide bonds. The Kier molecular flexibility index (Phi) is 13.9. The highest BCUT2D eigenvalue weighted by Crippen LogP contribution is 2.31. The zero-order valence-electron chi connectivity index (χ0n) is 27.2. The number of carboxylic acids is 1. The Bertz CT molecular complexity index is 1480. The standard InChI is InChI=1S/C38H48N4O4/c1-3-38(4-2,37(43)44)21-22-40-34-13-7-11-32(28-34)15-18-33-12-8-14-35(41-33)29-45-26-6-5-10-31-16-19-36(20-17-31)46-27-9-24-42-25-23-39-30-42/h7-8,11-20,23,25,28,30,40H,3-6,9-10,21-22,24,26-27,29H2,1-2H3,(H,43,44). The van der Waals surface area contributed by atoms with Crippen LogP contribution in [0.4, 0.5) is 5.69 Å². The molecular weight excluding hydrogens is 576 g/mol. The van der Waals surface area contributed by atoms with Crippen molar-refractivity contribution in [2.45, 2.75) is 71.9 Å². The van der Waals surface area contributed by atoms with Gasteiger partial charge in [0.1, 0.15) is 5.75 Å². The Morgan fingerprint density at radius 3 is 2.57 bits per heavy atom. The second-order valence-corrected chi connectivity index (χ2v) is 11.6. The molecule has 244 valence electrons. The first kappa shape index (κ1) is 34.4. The normalized spacial score (nSPS) is 11.6. The largest absolute Gasteiger partial charge is 0.494 e. The Hall–Kier alpha value is -4.43. The number of carbonyl (C=O) groups is 1. The van der Waals surface area contributed by atoms with Gasteiger partial charge in [-0.05, 0) is 98.5 Å². The fourth-order valence-corrected chi connectivity index (χ4v) is 5.38. The van der Waals surface area contributed by atoms with Crippen LogP contribution in [-0.2, 0) is 29.1 Å². The zero-order valence-corrected chi connectivity index (χ0v) is 27.2. The van der Waals surface area contributed by atoms with Crippen LogP contribution in [0.5, 0.6) is 5.75 Å². The maximum absolute atomic E-state index is 11.8. The third kappa shape index (κ3) is 11.2. The van der Waals surface area contributed by atoms with Crippen molar-refractivity contribution in [1.29, 1.82) is 0 Å². The summed E-state index contributed by atoms with van der Waals surface area (Å²) in [5.74, 6) is 0.196. The lowest BCUT2D eigenvalue weighted by atomic mass is 9.79. The summed E-state index contributed by atoms with van der Waals surface area (Å²) >= 11 is 0. The Morgan fingerprint density at radius 1 is 0.978 bits per heavy atom. The summed E-state index contributed by atoms with van der Waals surface area (Å²) < 4.78 is 13.8. The van der Waals surface area contributed by atoms with E-state index in [-0.39, 0.29) is 0 Å². The summed E-state index contributed by atoms with van der Waals surface area (Å²) in [6.07, 6.45) is 15.5. The number of aryl methyl sites for hydroxylation is 2. The van der Waals surface area contributed by atoms with Crippen molar-refractivity contribution in [1.82, 2.24) is 14.5 Å². The average molecular weight is 625 g/mol. The molecule has 4 rings (SSSR count). The molecular formula is C38H48N4O4. The number of nitrogens with zero attached hydrogens (tertiary/aromatic N) is 3. The maximum atomic E-state index is 11.8. The van der Waals surface area contributed by atoms with Crippen LogP contribution in [0.3, 0.4) is 0 Å². The third-order valence-corrected chi connectivity index (χ3v) is 8.47. The highest BCUT2D eigenvalue weighted by molar-refractivity contribution is 5.74. The number of pyridine rings is 1. The molecule has 0 unspecified atom stereocenters. The van der Waals surface area contributed by atoms with Crippen molar-refractivity contribution < 1.29 is 19.4 Å². The van der Waals surface area contributed by atoms with Crippen molar-refractivity contribution in [2.75, 3.05) is 25.1 Å². The Balaban J connectivity index is 1.12. The molecule has 2 N–H and O–H groups in total. The average Bonchev–Trinajstić information content (AvgIpc) is 3.60. The summed E-state index contributed by atoms with van der Waals surface area (Å²) in [7, 11) is 0. The van der Waals surface area contributed by atoms with Gasteiger partial charge in [0.2, 0.25) is 0 Å². The van der Waals surface area contributed by atoms with Crippen LogP contribution in [0, 0.1) is 5.41 Å². The van der Waals surface area contributed by atoms with Gasteiger partial charge in [-0.25, -0.2) is 4.98 Å². The first-order chi connectivity index (χ1) is 22.5. The van der Waals surface area contributed by atoms with Crippen LogP contribution in [0.15, 0.2) is 85.5 Å². The van der Waals surface area contributed by atoms with Crippen LogP contribution in [0.25, 0.3) is 12.2 Å². The van der Waals surface area contributed by atoms with E-state index in [1.54, 1.807) is 6.20 Å². The molecule has 0 aliphatic rings. The number of hydrogen-bond acceptors (Lipinski definition) is 6. The number of aliphatic carboxylic acids is 1. The Labute approximate surface area is 273 Å². The number of imidazole rings is 1. The number of benzene rings is 2. The fraction of sp³-hybridized carbons (Fsp3) is 0.395. The molecule has 0 saturated heterocycles. The van der Waals surface area contributed by atoms with Gasteiger partial charge < -0.3 is 24.5 Å². The van der Waals surface area contributed by atoms with E-state index in [1.807, 2.05) is 74.9 Å². The molecule has 0 spiro atoms. The second kappa shape index (κ2) is 18.5. The number of carboxylic acid groups (broad SMARTS) is 1. The summed E-state index contributed by atoms with van der Waals surface area (Å²) in [6.45, 7) is 7.29. The number of aromatic nitrogens is 3. The minimum absolute atomic E-state index is 0.487. The predicted octanol–water partition coefficient (Wildman–Crippen LogP) is 8.15. The van der Waals surface area contributed by atoms with Crippen LogP contribution >= 0.6 is 0 Å². The molecule has 0 aliphatic heterocycles. The molecule has 2 heterocycles. The van der Waals surface area contributed by atoms with E-state index in [0.29, 0.717) is 45.6 Å². The van der Waals surface area contributed by atoms with Gasteiger partial charge in [0.05, 0.1) is 36.3 Å². The van der Waals surface area contributed by atoms with Crippen molar-refractivity contribution in [3.63, 3.8) is 0 Å². The molecule has 8 nitrogen and oxygen atoms in total. The van der Waals surface area contributed by atoms with Crippen LogP contribution in [-0.4, -0.2) is 45.4 Å². The summed E-state index contributed by atoms with van der Waals surface area (Å²) in [4.78, 5) is 20.6. The highest BCUT2D eigenvalue weighted by atomic mass is 16.5. The monoisotopic (exact) mass is 624 g/mol. The number of ether oxygens (including phenoxy) is 2. The predicted molar refractivity (Wildman–Crippen MR) is 185 cm³/mol. The van der Waals surface area contributed by atoms with Crippen LogP contribution in [0.1, 0.15) is 74.9 Å². The van der Waals surface area contributed by atoms with Gasteiger partial charge in [-0.1, -0.05) is 50.3 Å². The lowest BCUT2D eigenvalue weighted by molar-refractivity contribution is -0.149. The number of nitrogens with one attached hydrogen (secondary N) is 1. The molecule has 8 heteroatoms. The van der Waals surface area contributed by atoms with E-state index in [2.05, 4.69) is 45.2 Å². The van der Waals surface area contributed by atoms with E-state index in [1.165, 1.54) is 5.56 Å². The van der Waals surface area contributed by atoms with E-state index in [9.17, 15) is 9.90 Å². The maximum Gasteiger partial charge on any atom is 0.309 e. The molecule has 0 radical (unpaired) electrons.